The van der Waals surface area contributed by atoms with Gasteiger partial charge in [0.05, 0.1) is 0 Å². The second-order valence-corrected chi connectivity index (χ2v) is 2.57. The van der Waals surface area contributed by atoms with E-state index in [0.29, 0.717) is 6.04 Å². The molecule has 11 heavy (non-hydrogen) atoms. The van der Waals surface area contributed by atoms with Gasteiger partial charge < -0.3 is 5.32 Å². The van der Waals surface area contributed by atoms with Crippen LogP contribution in [-0.4, -0.2) is 11.5 Å². The third-order valence-electron chi connectivity index (χ3n) is 1.69. The molecule has 1 atom stereocenters. The van der Waals surface area contributed by atoms with Gasteiger partial charge >= 0.3 is 0 Å². The number of rotatable bonds is 3. The van der Waals surface area contributed by atoms with Crippen molar-refractivity contribution in [1.29, 1.82) is 0 Å². The Balaban J connectivity index is 2.61. The predicted octanol–water partition coefficient (Wildman–Crippen LogP) is 1.75. The fourth-order valence-corrected chi connectivity index (χ4v) is 1.06. The average molecular weight is 150 g/mol. The van der Waals surface area contributed by atoms with Crippen LogP contribution in [0.25, 0.3) is 0 Å². The van der Waals surface area contributed by atoms with E-state index in [0.717, 1.165) is 6.54 Å². The number of pyridine rings is 1. The molecule has 0 saturated heterocycles. The van der Waals surface area contributed by atoms with Crippen molar-refractivity contribution < 1.29 is 0 Å². The van der Waals surface area contributed by atoms with Crippen LogP contribution >= 0.6 is 0 Å². The Labute approximate surface area is 67.7 Å². The van der Waals surface area contributed by atoms with Gasteiger partial charge in [-0.2, -0.15) is 0 Å². The molecule has 1 aromatic rings. The van der Waals surface area contributed by atoms with Crippen LogP contribution in [-0.2, 0) is 0 Å². The van der Waals surface area contributed by atoms with Gasteiger partial charge in [-0.1, -0.05) is 13.0 Å². The van der Waals surface area contributed by atoms with Crippen LogP contribution in [0.2, 0.25) is 0 Å². The van der Waals surface area contributed by atoms with E-state index in [4.69, 9.17) is 0 Å². The van der Waals surface area contributed by atoms with E-state index in [9.17, 15) is 0 Å². The SMILES string of the molecule is CCNC(C)c1cccnc1. The lowest BCUT2D eigenvalue weighted by Crippen LogP contribution is -2.17. The molecule has 0 bridgehead atoms. The molecule has 1 aromatic heterocycles. The zero-order valence-corrected chi connectivity index (χ0v) is 7.04. The summed E-state index contributed by atoms with van der Waals surface area (Å²) in [5.41, 5.74) is 1.24. The first-order valence-corrected chi connectivity index (χ1v) is 3.98. The summed E-state index contributed by atoms with van der Waals surface area (Å²) in [6.07, 6.45) is 3.69. The van der Waals surface area contributed by atoms with Crippen molar-refractivity contribution in [2.45, 2.75) is 19.9 Å². The molecule has 0 fully saturated rings. The maximum absolute atomic E-state index is 4.05. The van der Waals surface area contributed by atoms with E-state index in [1.807, 2.05) is 12.3 Å². The Bertz CT molecular complexity index is 196. The lowest BCUT2D eigenvalue weighted by molar-refractivity contribution is 0.596. The Hall–Kier alpha value is -0.890. The Kier molecular flexibility index (Phi) is 3.05. The molecular formula is C9H14N2. The predicted molar refractivity (Wildman–Crippen MR) is 46.3 cm³/mol. The van der Waals surface area contributed by atoms with Crippen molar-refractivity contribution in [2.24, 2.45) is 0 Å². The summed E-state index contributed by atoms with van der Waals surface area (Å²) in [6, 6.07) is 4.46. The third kappa shape index (κ3) is 2.31. The fourth-order valence-electron chi connectivity index (χ4n) is 1.06. The number of nitrogens with one attached hydrogen (secondary N) is 1. The van der Waals surface area contributed by atoms with Gasteiger partial charge in [-0.25, -0.2) is 0 Å². The minimum absolute atomic E-state index is 0.411. The van der Waals surface area contributed by atoms with Gasteiger partial charge in [0.15, 0.2) is 0 Å². The van der Waals surface area contributed by atoms with E-state index >= 15 is 0 Å². The molecule has 0 saturated carbocycles. The van der Waals surface area contributed by atoms with Gasteiger partial charge in [-0.05, 0) is 25.1 Å². The minimum Gasteiger partial charge on any atom is -0.310 e. The van der Waals surface area contributed by atoms with Gasteiger partial charge in [0, 0.05) is 18.4 Å². The normalized spacial score (nSPS) is 12.9. The summed E-state index contributed by atoms with van der Waals surface area (Å²) in [4.78, 5) is 4.05. The molecule has 1 rings (SSSR count). The summed E-state index contributed by atoms with van der Waals surface area (Å²) in [6.45, 7) is 5.24. The highest BCUT2D eigenvalue weighted by atomic mass is 14.9. The first-order chi connectivity index (χ1) is 5.34. The van der Waals surface area contributed by atoms with Crippen molar-refractivity contribution in [2.75, 3.05) is 6.54 Å². The van der Waals surface area contributed by atoms with E-state index in [-0.39, 0.29) is 0 Å². The summed E-state index contributed by atoms with van der Waals surface area (Å²) in [7, 11) is 0. The Morgan fingerprint density at radius 1 is 1.64 bits per heavy atom. The second kappa shape index (κ2) is 4.09. The standard InChI is InChI=1S/C9H14N2/c1-3-11-8(2)9-5-4-6-10-7-9/h4-8,11H,3H2,1-2H3. The van der Waals surface area contributed by atoms with Crippen LogP contribution < -0.4 is 5.32 Å². The molecule has 1 heterocycles. The monoisotopic (exact) mass is 150 g/mol. The summed E-state index contributed by atoms with van der Waals surface area (Å²) in [5.74, 6) is 0. The highest BCUT2D eigenvalue weighted by Crippen LogP contribution is 2.08. The molecule has 2 nitrogen and oxygen atoms in total. The van der Waals surface area contributed by atoms with Crippen molar-refractivity contribution >= 4 is 0 Å². The Morgan fingerprint density at radius 3 is 3.00 bits per heavy atom. The molecular weight excluding hydrogens is 136 g/mol. The van der Waals surface area contributed by atoms with Gasteiger partial charge in [-0.15, -0.1) is 0 Å². The van der Waals surface area contributed by atoms with Crippen molar-refractivity contribution in [3.05, 3.63) is 30.1 Å². The van der Waals surface area contributed by atoms with Gasteiger partial charge in [0.2, 0.25) is 0 Å². The summed E-state index contributed by atoms with van der Waals surface area (Å²) in [5, 5.41) is 3.32. The second-order valence-electron chi connectivity index (χ2n) is 2.57. The number of hydrogen-bond acceptors (Lipinski definition) is 2. The van der Waals surface area contributed by atoms with Gasteiger partial charge in [0.25, 0.3) is 0 Å². The molecule has 1 N–H and O–H groups in total. The zero-order chi connectivity index (χ0) is 8.10. The van der Waals surface area contributed by atoms with E-state index in [1.54, 1.807) is 6.20 Å². The molecule has 60 valence electrons. The smallest absolute Gasteiger partial charge is 0.0315 e. The van der Waals surface area contributed by atoms with Crippen LogP contribution in [0.4, 0.5) is 0 Å². The molecule has 0 aromatic carbocycles. The van der Waals surface area contributed by atoms with E-state index < -0.39 is 0 Å². The maximum atomic E-state index is 4.05. The molecule has 0 spiro atoms. The van der Waals surface area contributed by atoms with Crippen LogP contribution in [0.5, 0.6) is 0 Å². The van der Waals surface area contributed by atoms with Crippen molar-refractivity contribution in [1.82, 2.24) is 10.3 Å². The third-order valence-corrected chi connectivity index (χ3v) is 1.69. The van der Waals surface area contributed by atoms with E-state index in [2.05, 4.69) is 30.2 Å². The van der Waals surface area contributed by atoms with Gasteiger partial charge in [-0.3, -0.25) is 4.98 Å². The Morgan fingerprint density at radius 2 is 2.45 bits per heavy atom. The van der Waals surface area contributed by atoms with Crippen molar-refractivity contribution in [3.63, 3.8) is 0 Å². The topological polar surface area (TPSA) is 24.9 Å². The van der Waals surface area contributed by atoms with E-state index in [1.165, 1.54) is 5.56 Å². The molecule has 0 aliphatic carbocycles. The van der Waals surface area contributed by atoms with Gasteiger partial charge in [0.1, 0.15) is 0 Å². The molecule has 0 radical (unpaired) electrons. The highest BCUT2D eigenvalue weighted by Gasteiger charge is 2.00. The number of hydrogen-bond donors (Lipinski definition) is 1. The zero-order valence-electron chi connectivity index (χ0n) is 7.04. The quantitative estimate of drug-likeness (QED) is 0.710. The minimum atomic E-state index is 0.411. The maximum Gasteiger partial charge on any atom is 0.0315 e. The molecule has 1 unspecified atom stereocenters. The fraction of sp³-hybridized carbons (Fsp3) is 0.444. The summed E-state index contributed by atoms with van der Waals surface area (Å²) < 4.78 is 0. The highest BCUT2D eigenvalue weighted by molar-refractivity contribution is 5.12. The molecule has 0 aliphatic rings. The first-order valence-electron chi connectivity index (χ1n) is 3.98. The lowest BCUT2D eigenvalue weighted by atomic mass is 10.1. The van der Waals surface area contributed by atoms with Crippen molar-refractivity contribution in [3.8, 4) is 0 Å². The largest absolute Gasteiger partial charge is 0.310 e. The van der Waals surface area contributed by atoms with Crippen LogP contribution in [0.3, 0.4) is 0 Å². The molecule has 0 aliphatic heterocycles. The first kappa shape index (κ1) is 8.21. The van der Waals surface area contributed by atoms with Crippen LogP contribution in [0, 0.1) is 0 Å². The number of aromatic nitrogens is 1. The summed E-state index contributed by atoms with van der Waals surface area (Å²) >= 11 is 0. The molecule has 2 heteroatoms. The average Bonchev–Trinajstić information content (AvgIpc) is 2.07. The van der Waals surface area contributed by atoms with Crippen LogP contribution in [0.1, 0.15) is 25.5 Å². The number of nitrogens with zero attached hydrogens (tertiary/aromatic N) is 1. The lowest BCUT2D eigenvalue weighted by Gasteiger charge is -2.10. The molecule has 0 amide bonds. The van der Waals surface area contributed by atoms with Crippen LogP contribution in [0.15, 0.2) is 24.5 Å².